The molecule has 0 spiro atoms. The number of aromatic nitrogens is 1. The molecular weight excluding hydrogens is 260 g/mol. The number of thiazole rings is 1. The molecule has 3 rings (SSSR count). The average molecular weight is 276 g/mol. The summed E-state index contributed by atoms with van der Waals surface area (Å²) in [7, 11) is 1.68. The highest BCUT2D eigenvalue weighted by Gasteiger charge is 2.21. The molecule has 1 aliphatic rings. The van der Waals surface area contributed by atoms with Crippen molar-refractivity contribution in [1.29, 1.82) is 0 Å². The van der Waals surface area contributed by atoms with Crippen LogP contribution < -0.4 is 10.1 Å². The first kappa shape index (κ1) is 12.4. The molecule has 19 heavy (non-hydrogen) atoms. The number of para-hydroxylation sites is 1. The molecule has 0 fully saturated rings. The fourth-order valence-corrected chi connectivity index (χ4v) is 2.98. The maximum atomic E-state index is 5.66. The van der Waals surface area contributed by atoms with Crippen LogP contribution in [0.15, 0.2) is 29.6 Å². The van der Waals surface area contributed by atoms with E-state index < -0.39 is 0 Å². The van der Waals surface area contributed by atoms with Crippen LogP contribution in [0.25, 0.3) is 0 Å². The summed E-state index contributed by atoms with van der Waals surface area (Å²) in [5.74, 6) is 0.972. The van der Waals surface area contributed by atoms with Crippen molar-refractivity contribution in [2.24, 2.45) is 0 Å². The lowest BCUT2D eigenvalue weighted by Crippen LogP contribution is -2.20. The molecule has 2 aromatic rings. The van der Waals surface area contributed by atoms with E-state index in [1.807, 2.05) is 23.6 Å². The van der Waals surface area contributed by atoms with Gasteiger partial charge < -0.3 is 14.8 Å². The Hall–Kier alpha value is -1.59. The predicted octanol–water partition coefficient (Wildman–Crippen LogP) is 3.23. The number of benzene rings is 1. The van der Waals surface area contributed by atoms with Gasteiger partial charge in [0, 0.05) is 24.5 Å². The van der Waals surface area contributed by atoms with Gasteiger partial charge in [-0.2, -0.15) is 0 Å². The van der Waals surface area contributed by atoms with E-state index in [-0.39, 0.29) is 6.04 Å². The van der Waals surface area contributed by atoms with Gasteiger partial charge in [0.15, 0.2) is 5.13 Å². The normalized spacial score (nSPS) is 17.6. The summed E-state index contributed by atoms with van der Waals surface area (Å²) in [5.41, 5.74) is 2.17. The summed E-state index contributed by atoms with van der Waals surface area (Å²) < 4.78 is 10.7. The minimum Gasteiger partial charge on any atom is -0.493 e. The minimum absolute atomic E-state index is 0.270. The second kappa shape index (κ2) is 5.59. The van der Waals surface area contributed by atoms with Crippen LogP contribution in [0, 0.1) is 0 Å². The van der Waals surface area contributed by atoms with E-state index in [9.17, 15) is 0 Å². The maximum Gasteiger partial charge on any atom is 0.183 e. The van der Waals surface area contributed by atoms with Crippen molar-refractivity contribution in [3.63, 3.8) is 0 Å². The number of nitrogens with zero attached hydrogens (tertiary/aromatic N) is 1. The van der Waals surface area contributed by atoms with Gasteiger partial charge in [0.2, 0.25) is 0 Å². The van der Waals surface area contributed by atoms with Crippen molar-refractivity contribution < 1.29 is 9.47 Å². The monoisotopic (exact) mass is 276 g/mol. The summed E-state index contributed by atoms with van der Waals surface area (Å²) in [5, 5.41) is 6.45. The van der Waals surface area contributed by atoms with Crippen molar-refractivity contribution >= 4 is 16.5 Å². The maximum absolute atomic E-state index is 5.66. The second-order valence-corrected chi connectivity index (χ2v) is 5.31. The van der Waals surface area contributed by atoms with E-state index in [4.69, 9.17) is 9.47 Å². The number of nitrogens with one attached hydrogen (secondary N) is 1. The zero-order valence-corrected chi connectivity index (χ0v) is 11.6. The lowest BCUT2D eigenvalue weighted by atomic mass is 10.0. The molecular formula is C14H16N2O2S. The van der Waals surface area contributed by atoms with E-state index in [0.717, 1.165) is 29.6 Å². The summed E-state index contributed by atoms with van der Waals surface area (Å²) in [6.07, 6.45) is 0.955. The summed E-state index contributed by atoms with van der Waals surface area (Å²) >= 11 is 1.61. The van der Waals surface area contributed by atoms with Crippen molar-refractivity contribution in [2.45, 2.75) is 19.1 Å². The van der Waals surface area contributed by atoms with Crippen molar-refractivity contribution in [3.05, 3.63) is 40.9 Å². The quantitative estimate of drug-likeness (QED) is 0.931. The molecule has 1 aliphatic heterocycles. The molecule has 2 heterocycles. The Bertz CT molecular complexity index is 556. The van der Waals surface area contributed by atoms with Crippen LogP contribution in [0.5, 0.6) is 5.75 Å². The van der Waals surface area contributed by atoms with Crippen LogP contribution in [0.3, 0.4) is 0 Å². The van der Waals surface area contributed by atoms with Gasteiger partial charge in [0.25, 0.3) is 0 Å². The molecule has 1 atom stereocenters. The van der Waals surface area contributed by atoms with Crippen molar-refractivity contribution in [3.8, 4) is 5.75 Å². The molecule has 5 heteroatoms. The third-order valence-corrected chi connectivity index (χ3v) is 3.92. The van der Waals surface area contributed by atoms with Crippen LogP contribution in [0.4, 0.5) is 5.13 Å². The number of fused-ring (bicyclic) bond motifs is 1. The highest BCUT2D eigenvalue weighted by atomic mass is 32.1. The molecule has 1 aromatic heterocycles. The van der Waals surface area contributed by atoms with E-state index in [1.165, 1.54) is 5.56 Å². The first-order valence-corrected chi connectivity index (χ1v) is 7.16. The highest BCUT2D eigenvalue weighted by Crippen LogP contribution is 2.34. The second-order valence-electron chi connectivity index (χ2n) is 4.45. The molecule has 100 valence electrons. The molecule has 1 N–H and O–H groups in total. The smallest absolute Gasteiger partial charge is 0.183 e. The molecule has 1 unspecified atom stereocenters. The topological polar surface area (TPSA) is 43.4 Å². The zero-order valence-electron chi connectivity index (χ0n) is 10.8. The lowest BCUT2D eigenvalue weighted by molar-refractivity contribution is 0.182. The Morgan fingerprint density at radius 2 is 2.37 bits per heavy atom. The van der Waals surface area contributed by atoms with Gasteiger partial charge in [-0.3, -0.25) is 0 Å². The van der Waals surface area contributed by atoms with Crippen LogP contribution in [0.2, 0.25) is 0 Å². The van der Waals surface area contributed by atoms with Gasteiger partial charge in [0.1, 0.15) is 5.75 Å². The van der Waals surface area contributed by atoms with Gasteiger partial charge in [-0.05, 0) is 6.07 Å². The number of hydrogen-bond donors (Lipinski definition) is 1. The van der Waals surface area contributed by atoms with Gasteiger partial charge in [-0.15, -0.1) is 11.3 Å². The third-order valence-electron chi connectivity index (χ3n) is 3.10. The Kier molecular flexibility index (Phi) is 3.66. The Morgan fingerprint density at radius 3 is 3.26 bits per heavy atom. The lowest BCUT2D eigenvalue weighted by Gasteiger charge is -2.26. The molecule has 0 saturated heterocycles. The zero-order chi connectivity index (χ0) is 13.1. The summed E-state index contributed by atoms with van der Waals surface area (Å²) in [6.45, 7) is 1.30. The number of hydrogen-bond acceptors (Lipinski definition) is 5. The number of ether oxygens (including phenoxy) is 2. The van der Waals surface area contributed by atoms with Crippen molar-refractivity contribution in [2.75, 3.05) is 19.0 Å². The van der Waals surface area contributed by atoms with Crippen LogP contribution in [0.1, 0.15) is 23.7 Å². The first-order chi connectivity index (χ1) is 9.36. The van der Waals surface area contributed by atoms with Gasteiger partial charge in [0.05, 0.1) is 24.9 Å². The predicted molar refractivity (Wildman–Crippen MR) is 75.7 cm³/mol. The number of anilines is 1. The largest absolute Gasteiger partial charge is 0.493 e. The van der Waals surface area contributed by atoms with E-state index in [0.29, 0.717) is 6.61 Å². The fourth-order valence-electron chi connectivity index (χ4n) is 2.23. The molecule has 0 radical (unpaired) electrons. The summed E-state index contributed by atoms with van der Waals surface area (Å²) in [4.78, 5) is 4.51. The number of rotatable bonds is 4. The highest BCUT2D eigenvalue weighted by molar-refractivity contribution is 7.13. The van der Waals surface area contributed by atoms with Crippen molar-refractivity contribution in [1.82, 2.24) is 4.98 Å². The molecule has 0 amide bonds. The van der Waals surface area contributed by atoms with Gasteiger partial charge >= 0.3 is 0 Å². The van der Waals surface area contributed by atoms with Crippen LogP contribution in [-0.4, -0.2) is 18.7 Å². The minimum atomic E-state index is 0.270. The first-order valence-electron chi connectivity index (χ1n) is 6.28. The SMILES string of the molecule is COCc1csc(NC2CCOc3ccccc32)n1. The standard InChI is InChI=1S/C14H16N2O2S/c1-17-8-10-9-19-14(15-10)16-12-6-7-18-13-5-3-2-4-11(12)13/h2-5,9,12H,6-8H2,1H3,(H,15,16). The van der Waals surface area contributed by atoms with Gasteiger partial charge in [-0.1, -0.05) is 18.2 Å². The summed E-state index contributed by atoms with van der Waals surface area (Å²) in [6, 6.07) is 8.44. The molecule has 0 saturated carbocycles. The Labute approximate surface area is 116 Å². The van der Waals surface area contributed by atoms with E-state index in [2.05, 4.69) is 16.4 Å². The Morgan fingerprint density at radius 1 is 1.47 bits per heavy atom. The average Bonchev–Trinajstić information content (AvgIpc) is 2.87. The van der Waals surface area contributed by atoms with E-state index in [1.54, 1.807) is 18.4 Å². The molecule has 0 aliphatic carbocycles. The Balaban J connectivity index is 1.76. The number of methoxy groups -OCH3 is 1. The van der Waals surface area contributed by atoms with E-state index >= 15 is 0 Å². The molecule has 0 bridgehead atoms. The third kappa shape index (κ3) is 2.72. The fraction of sp³-hybridized carbons (Fsp3) is 0.357. The van der Waals surface area contributed by atoms with Crippen LogP contribution >= 0.6 is 11.3 Å². The molecule has 4 nitrogen and oxygen atoms in total. The molecule has 1 aromatic carbocycles. The van der Waals surface area contributed by atoms with Crippen LogP contribution in [-0.2, 0) is 11.3 Å². The van der Waals surface area contributed by atoms with Gasteiger partial charge in [-0.25, -0.2) is 4.98 Å².